The number of primary sulfonamides is 1. The molecule has 0 aliphatic rings. The van der Waals surface area contributed by atoms with Crippen LogP contribution in [0.15, 0.2) is 47.4 Å². The van der Waals surface area contributed by atoms with Crippen molar-refractivity contribution >= 4 is 32.8 Å². The van der Waals surface area contributed by atoms with Crippen molar-refractivity contribution in [2.45, 2.75) is 4.90 Å². The van der Waals surface area contributed by atoms with Crippen molar-refractivity contribution in [2.24, 2.45) is 5.14 Å². The van der Waals surface area contributed by atoms with Crippen LogP contribution in [0, 0.1) is 0 Å². The third-order valence-electron chi connectivity index (χ3n) is 2.95. The molecule has 112 valence electrons. The van der Waals surface area contributed by atoms with Crippen LogP contribution >= 0.6 is 0 Å². The minimum absolute atomic E-state index is 0.0299. The van der Waals surface area contributed by atoms with Crippen molar-refractivity contribution in [2.75, 3.05) is 30.0 Å². The van der Waals surface area contributed by atoms with E-state index in [0.29, 0.717) is 11.4 Å². The molecule has 2 rings (SSSR count). The third-order valence-corrected chi connectivity index (χ3v) is 3.90. The van der Waals surface area contributed by atoms with Crippen LogP contribution in [-0.4, -0.2) is 22.5 Å². The average molecular weight is 306 g/mol. The molecule has 6 nitrogen and oxygen atoms in total. The van der Waals surface area contributed by atoms with E-state index in [-0.39, 0.29) is 4.90 Å². The predicted molar refractivity (Wildman–Crippen MR) is 86.3 cm³/mol. The summed E-state index contributed by atoms with van der Waals surface area (Å²) in [4.78, 5) is 1.92. The van der Waals surface area contributed by atoms with Gasteiger partial charge in [-0.15, -0.1) is 0 Å². The SMILES string of the molecule is CN(C)c1cccc(Nc2ccc(N)cc2S(N)(=O)=O)c1. The van der Waals surface area contributed by atoms with Gasteiger partial charge in [0.2, 0.25) is 10.0 Å². The first-order valence-corrected chi connectivity index (χ1v) is 7.79. The maximum Gasteiger partial charge on any atom is 0.240 e. The van der Waals surface area contributed by atoms with Gasteiger partial charge in [-0.25, -0.2) is 13.6 Å². The molecule has 0 bridgehead atoms. The molecule has 0 aliphatic heterocycles. The second-order valence-corrected chi connectivity index (χ2v) is 6.40. The maximum absolute atomic E-state index is 11.6. The van der Waals surface area contributed by atoms with Crippen LogP contribution in [0.5, 0.6) is 0 Å². The number of sulfonamides is 1. The summed E-state index contributed by atoms with van der Waals surface area (Å²) in [7, 11) is 0.00189. The molecule has 0 saturated carbocycles. The summed E-state index contributed by atoms with van der Waals surface area (Å²) in [6.45, 7) is 0. The largest absolute Gasteiger partial charge is 0.399 e. The number of nitrogens with one attached hydrogen (secondary N) is 1. The number of hydrogen-bond acceptors (Lipinski definition) is 5. The fourth-order valence-corrected chi connectivity index (χ4v) is 2.62. The van der Waals surface area contributed by atoms with Crippen molar-refractivity contribution in [3.8, 4) is 0 Å². The molecular formula is C14H18N4O2S. The Bertz CT molecular complexity index is 757. The van der Waals surface area contributed by atoms with Gasteiger partial charge in [0.05, 0.1) is 5.69 Å². The Hall–Kier alpha value is -2.25. The van der Waals surface area contributed by atoms with E-state index in [2.05, 4.69) is 5.32 Å². The number of hydrogen-bond donors (Lipinski definition) is 3. The Morgan fingerprint density at radius 1 is 1.10 bits per heavy atom. The molecule has 0 spiro atoms. The molecular weight excluding hydrogens is 288 g/mol. The van der Waals surface area contributed by atoms with E-state index in [1.165, 1.54) is 6.07 Å². The van der Waals surface area contributed by atoms with E-state index in [9.17, 15) is 8.42 Å². The lowest BCUT2D eigenvalue weighted by atomic mass is 10.2. The van der Waals surface area contributed by atoms with E-state index in [1.807, 2.05) is 43.3 Å². The zero-order chi connectivity index (χ0) is 15.6. The van der Waals surface area contributed by atoms with Crippen molar-refractivity contribution in [3.05, 3.63) is 42.5 Å². The second kappa shape index (κ2) is 5.63. The van der Waals surface area contributed by atoms with Crippen LogP contribution in [0.3, 0.4) is 0 Å². The summed E-state index contributed by atoms with van der Waals surface area (Å²) < 4.78 is 23.3. The van der Waals surface area contributed by atoms with Crippen LogP contribution in [-0.2, 0) is 10.0 Å². The summed E-state index contributed by atoms with van der Waals surface area (Å²) in [6, 6.07) is 12.1. The van der Waals surface area contributed by atoms with Crippen molar-refractivity contribution in [1.82, 2.24) is 0 Å². The van der Waals surface area contributed by atoms with Gasteiger partial charge in [0.1, 0.15) is 4.90 Å². The summed E-state index contributed by atoms with van der Waals surface area (Å²) in [6.07, 6.45) is 0. The van der Waals surface area contributed by atoms with Crippen molar-refractivity contribution in [3.63, 3.8) is 0 Å². The minimum atomic E-state index is -3.86. The lowest BCUT2D eigenvalue weighted by Crippen LogP contribution is -2.14. The quantitative estimate of drug-likeness (QED) is 0.747. The monoisotopic (exact) mass is 306 g/mol. The fourth-order valence-electron chi connectivity index (χ4n) is 1.89. The van der Waals surface area contributed by atoms with Gasteiger partial charge in [0.15, 0.2) is 0 Å². The topological polar surface area (TPSA) is 101 Å². The van der Waals surface area contributed by atoms with Gasteiger partial charge in [0, 0.05) is 31.2 Å². The summed E-state index contributed by atoms with van der Waals surface area (Å²) in [5.41, 5.74) is 8.11. The number of nitrogens with two attached hydrogens (primary N) is 2. The first kappa shape index (κ1) is 15.1. The zero-order valence-electron chi connectivity index (χ0n) is 11.9. The highest BCUT2D eigenvalue weighted by Gasteiger charge is 2.14. The smallest absolute Gasteiger partial charge is 0.240 e. The first-order valence-electron chi connectivity index (χ1n) is 6.24. The van der Waals surface area contributed by atoms with Crippen LogP contribution in [0.25, 0.3) is 0 Å². The molecule has 7 heteroatoms. The van der Waals surface area contributed by atoms with Gasteiger partial charge < -0.3 is 16.0 Å². The second-order valence-electron chi connectivity index (χ2n) is 4.87. The lowest BCUT2D eigenvalue weighted by Gasteiger charge is -2.15. The number of anilines is 4. The van der Waals surface area contributed by atoms with E-state index in [0.717, 1.165) is 11.4 Å². The predicted octanol–water partition coefficient (Wildman–Crippen LogP) is 1.73. The van der Waals surface area contributed by atoms with Gasteiger partial charge in [-0.3, -0.25) is 0 Å². The number of benzene rings is 2. The highest BCUT2D eigenvalue weighted by Crippen LogP contribution is 2.27. The summed E-state index contributed by atoms with van der Waals surface area (Å²) >= 11 is 0. The molecule has 0 saturated heterocycles. The Kier molecular flexibility index (Phi) is 4.06. The standard InChI is InChI=1S/C14H18N4O2S/c1-18(2)12-5-3-4-11(9-12)17-13-7-6-10(15)8-14(13)21(16,19)20/h3-9,17H,15H2,1-2H3,(H2,16,19,20). The third kappa shape index (κ3) is 3.65. The Balaban J connectivity index is 2.43. The van der Waals surface area contributed by atoms with Crippen LogP contribution in [0.4, 0.5) is 22.7 Å². The Morgan fingerprint density at radius 2 is 1.81 bits per heavy atom. The highest BCUT2D eigenvalue weighted by atomic mass is 32.2. The highest BCUT2D eigenvalue weighted by molar-refractivity contribution is 7.89. The first-order chi connectivity index (χ1) is 9.77. The van der Waals surface area contributed by atoms with Crippen molar-refractivity contribution < 1.29 is 8.42 Å². The number of nitrogens with zero attached hydrogens (tertiary/aromatic N) is 1. The van der Waals surface area contributed by atoms with Crippen molar-refractivity contribution in [1.29, 1.82) is 0 Å². The molecule has 0 radical (unpaired) electrons. The molecule has 0 heterocycles. The normalized spacial score (nSPS) is 11.2. The van der Waals surface area contributed by atoms with Crippen LogP contribution in [0.1, 0.15) is 0 Å². The molecule has 5 N–H and O–H groups in total. The molecule has 2 aromatic rings. The molecule has 21 heavy (non-hydrogen) atoms. The Morgan fingerprint density at radius 3 is 2.43 bits per heavy atom. The minimum Gasteiger partial charge on any atom is -0.399 e. The number of nitrogen functional groups attached to an aromatic ring is 1. The molecule has 0 fully saturated rings. The van der Waals surface area contributed by atoms with Gasteiger partial charge >= 0.3 is 0 Å². The van der Waals surface area contributed by atoms with Crippen LogP contribution in [0.2, 0.25) is 0 Å². The fraction of sp³-hybridized carbons (Fsp3) is 0.143. The van der Waals surface area contributed by atoms with Gasteiger partial charge in [0.25, 0.3) is 0 Å². The van der Waals surface area contributed by atoms with E-state index < -0.39 is 10.0 Å². The van der Waals surface area contributed by atoms with Gasteiger partial charge in [-0.1, -0.05) is 6.07 Å². The maximum atomic E-state index is 11.6. The van der Waals surface area contributed by atoms with E-state index >= 15 is 0 Å². The van der Waals surface area contributed by atoms with Gasteiger partial charge in [-0.2, -0.15) is 0 Å². The molecule has 0 aliphatic carbocycles. The van der Waals surface area contributed by atoms with E-state index in [1.54, 1.807) is 12.1 Å². The number of rotatable bonds is 4. The average Bonchev–Trinajstić information content (AvgIpc) is 2.40. The molecule has 2 aromatic carbocycles. The van der Waals surface area contributed by atoms with Crippen LogP contribution < -0.4 is 21.1 Å². The zero-order valence-corrected chi connectivity index (χ0v) is 12.7. The van der Waals surface area contributed by atoms with Gasteiger partial charge in [-0.05, 0) is 36.4 Å². The summed E-state index contributed by atoms with van der Waals surface area (Å²) in [5.74, 6) is 0. The summed E-state index contributed by atoms with van der Waals surface area (Å²) in [5, 5.41) is 8.29. The molecule has 0 unspecified atom stereocenters. The molecule has 0 aromatic heterocycles. The Labute approximate surface area is 124 Å². The van der Waals surface area contributed by atoms with E-state index in [4.69, 9.17) is 10.9 Å². The molecule has 0 amide bonds. The molecule has 0 atom stereocenters. The lowest BCUT2D eigenvalue weighted by molar-refractivity contribution is 0.598.